The molecule has 0 aromatic heterocycles. The molecule has 0 heterocycles. The molecule has 1 aromatic rings. The van der Waals surface area contributed by atoms with Crippen LogP contribution in [0.15, 0.2) is 18.2 Å². The Bertz CT molecular complexity index is 389. The molecule has 0 radical (unpaired) electrons. The van der Waals surface area contributed by atoms with E-state index in [1.807, 2.05) is 7.05 Å². The second-order valence-electron chi connectivity index (χ2n) is 5.65. The minimum absolute atomic E-state index is 0.409. The highest BCUT2D eigenvalue weighted by molar-refractivity contribution is 5.37. The van der Waals surface area contributed by atoms with Crippen LogP contribution in [0.2, 0.25) is 0 Å². The summed E-state index contributed by atoms with van der Waals surface area (Å²) in [5, 5.41) is 3.22. The lowest BCUT2D eigenvalue weighted by atomic mass is 9.88. The van der Waals surface area contributed by atoms with Crippen LogP contribution in [0.25, 0.3) is 0 Å². The molecule has 1 fully saturated rings. The third-order valence-electron chi connectivity index (χ3n) is 3.77. The number of hydrogen-bond donors (Lipinski definition) is 1. The van der Waals surface area contributed by atoms with Crippen LogP contribution < -0.4 is 10.1 Å². The lowest BCUT2D eigenvalue weighted by molar-refractivity contribution is 0.128. The van der Waals surface area contributed by atoms with Crippen molar-refractivity contribution in [3.63, 3.8) is 0 Å². The minimum atomic E-state index is 0.409. The van der Waals surface area contributed by atoms with Crippen LogP contribution in [-0.2, 0) is 6.54 Å². The summed E-state index contributed by atoms with van der Waals surface area (Å²) in [5.41, 5.74) is 2.57. The van der Waals surface area contributed by atoms with E-state index in [0.29, 0.717) is 6.10 Å². The molecule has 0 aliphatic heterocycles. The average molecular weight is 247 g/mol. The summed E-state index contributed by atoms with van der Waals surface area (Å²) < 4.78 is 6.22. The highest BCUT2D eigenvalue weighted by atomic mass is 16.5. The zero-order valence-electron chi connectivity index (χ0n) is 11.8. The first-order valence-electron chi connectivity index (χ1n) is 7.10. The Labute approximate surface area is 111 Å². The van der Waals surface area contributed by atoms with Crippen LogP contribution in [-0.4, -0.2) is 13.2 Å². The van der Waals surface area contributed by atoms with Crippen molar-refractivity contribution in [1.29, 1.82) is 0 Å². The van der Waals surface area contributed by atoms with Crippen molar-refractivity contribution in [1.82, 2.24) is 5.32 Å². The third kappa shape index (κ3) is 3.49. The predicted octanol–water partition coefficient (Wildman–Crippen LogP) is 3.67. The van der Waals surface area contributed by atoms with Crippen LogP contribution >= 0.6 is 0 Å². The van der Waals surface area contributed by atoms with Gasteiger partial charge in [0.1, 0.15) is 5.75 Å². The van der Waals surface area contributed by atoms with Gasteiger partial charge < -0.3 is 10.1 Å². The fourth-order valence-electron chi connectivity index (χ4n) is 2.82. The molecule has 2 atom stereocenters. The van der Waals surface area contributed by atoms with Crippen LogP contribution in [0.3, 0.4) is 0 Å². The highest BCUT2D eigenvalue weighted by Crippen LogP contribution is 2.29. The maximum absolute atomic E-state index is 6.22. The number of aryl methyl sites for hydroxylation is 1. The zero-order chi connectivity index (χ0) is 13.0. The first-order chi connectivity index (χ1) is 8.69. The first-order valence-corrected chi connectivity index (χ1v) is 7.10. The molecule has 1 aromatic carbocycles. The van der Waals surface area contributed by atoms with Gasteiger partial charge in [-0.25, -0.2) is 0 Å². The standard InChI is InChI=1S/C16H25NO/c1-12-5-4-6-15(10-12)18-16-8-7-13(2)9-14(16)11-17-3/h7-9,12,15,17H,4-6,10-11H2,1-3H3. The maximum atomic E-state index is 6.22. The Kier molecular flexibility index (Phi) is 4.65. The SMILES string of the molecule is CNCc1cc(C)ccc1OC1CCCC(C)C1. The van der Waals surface area contributed by atoms with Crippen LogP contribution in [0.4, 0.5) is 0 Å². The van der Waals surface area contributed by atoms with E-state index in [2.05, 4.69) is 37.4 Å². The van der Waals surface area contributed by atoms with Crippen molar-refractivity contribution < 1.29 is 4.74 Å². The van der Waals surface area contributed by atoms with Crippen molar-refractivity contribution in [3.05, 3.63) is 29.3 Å². The molecule has 2 rings (SSSR count). The maximum Gasteiger partial charge on any atom is 0.124 e. The van der Waals surface area contributed by atoms with Crippen LogP contribution in [0.1, 0.15) is 43.7 Å². The summed E-state index contributed by atoms with van der Waals surface area (Å²) >= 11 is 0. The number of benzene rings is 1. The molecule has 0 amide bonds. The van der Waals surface area contributed by atoms with Crippen LogP contribution in [0, 0.1) is 12.8 Å². The van der Waals surface area contributed by atoms with Crippen LogP contribution in [0.5, 0.6) is 5.75 Å². The second-order valence-corrected chi connectivity index (χ2v) is 5.65. The van der Waals surface area contributed by atoms with Crippen molar-refractivity contribution in [2.45, 2.75) is 52.2 Å². The molecule has 1 aliphatic rings. The number of nitrogens with one attached hydrogen (secondary N) is 1. The Balaban J connectivity index is 2.07. The van der Waals surface area contributed by atoms with Crippen molar-refractivity contribution >= 4 is 0 Å². The van der Waals surface area contributed by atoms with E-state index >= 15 is 0 Å². The molecule has 2 nitrogen and oxygen atoms in total. The molecule has 1 aliphatic carbocycles. The molecule has 100 valence electrons. The Morgan fingerprint density at radius 1 is 1.33 bits per heavy atom. The number of rotatable bonds is 4. The summed E-state index contributed by atoms with van der Waals surface area (Å²) in [6.07, 6.45) is 5.48. The van der Waals surface area contributed by atoms with Crippen molar-refractivity contribution in [2.24, 2.45) is 5.92 Å². The minimum Gasteiger partial charge on any atom is -0.490 e. The summed E-state index contributed by atoms with van der Waals surface area (Å²) in [6, 6.07) is 6.49. The van der Waals surface area contributed by atoms with Gasteiger partial charge in [0.2, 0.25) is 0 Å². The van der Waals surface area contributed by atoms with E-state index < -0.39 is 0 Å². The average Bonchev–Trinajstić information content (AvgIpc) is 2.33. The summed E-state index contributed by atoms with van der Waals surface area (Å²) in [6.45, 7) is 5.34. The fourth-order valence-corrected chi connectivity index (χ4v) is 2.82. The van der Waals surface area contributed by atoms with Gasteiger partial charge in [-0.1, -0.05) is 31.0 Å². The van der Waals surface area contributed by atoms with E-state index in [1.165, 1.54) is 36.8 Å². The van der Waals surface area contributed by atoms with Gasteiger partial charge in [-0.05, 0) is 45.2 Å². The summed E-state index contributed by atoms with van der Waals surface area (Å²) in [5.74, 6) is 1.87. The fraction of sp³-hybridized carbons (Fsp3) is 0.625. The molecule has 0 saturated heterocycles. The molecule has 18 heavy (non-hydrogen) atoms. The van der Waals surface area contributed by atoms with E-state index in [1.54, 1.807) is 0 Å². The van der Waals surface area contributed by atoms with Gasteiger partial charge in [0.05, 0.1) is 6.10 Å². The number of ether oxygens (including phenoxy) is 1. The highest BCUT2D eigenvalue weighted by Gasteiger charge is 2.20. The predicted molar refractivity (Wildman–Crippen MR) is 76.0 cm³/mol. The molecule has 1 N–H and O–H groups in total. The largest absolute Gasteiger partial charge is 0.490 e. The Morgan fingerprint density at radius 3 is 2.89 bits per heavy atom. The third-order valence-corrected chi connectivity index (χ3v) is 3.77. The lowest BCUT2D eigenvalue weighted by Gasteiger charge is -2.28. The monoisotopic (exact) mass is 247 g/mol. The normalized spacial score (nSPS) is 23.9. The zero-order valence-corrected chi connectivity index (χ0v) is 11.8. The van der Waals surface area contributed by atoms with Gasteiger partial charge in [0.15, 0.2) is 0 Å². The Hall–Kier alpha value is -1.02. The quantitative estimate of drug-likeness (QED) is 0.876. The van der Waals surface area contributed by atoms with Gasteiger partial charge in [0.25, 0.3) is 0 Å². The van der Waals surface area contributed by atoms with Crippen molar-refractivity contribution in [2.75, 3.05) is 7.05 Å². The first kappa shape index (κ1) is 13.4. The van der Waals surface area contributed by atoms with Gasteiger partial charge in [-0.3, -0.25) is 0 Å². The van der Waals surface area contributed by atoms with Gasteiger partial charge in [-0.15, -0.1) is 0 Å². The molecule has 1 saturated carbocycles. The van der Waals surface area contributed by atoms with Gasteiger partial charge >= 0.3 is 0 Å². The van der Waals surface area contributed by atoms with Gasteiger partial charge in [-0.2, -0.15) is 0 Å². The molecule has 2 unspecified atom stereocenters. The molecular weight excluding hydrogens is 222 g/mol. The summed E-state index contributed by atoms with van der Waals surface area (Å²) in [4.78, 5) is 0. The van der Waals surface area contributed by atoms with E-state index in [-0.39, 0.29) is 0 Å². The smallest absolute Gasteiger partial charge is 0.124 e. The van der Waals surface area contributed by atoms with E-state index in [4.69, 9.17) is 4.74 Å². The summed E-state index contributed by atoms with van der Waals surface area (Å²) in [7, 11) is 1.98. The molecule has 0 bridgehead atoms. The van der Waals surface area contributed by atoms with E-state index in [9.17, 15) is 0 Å². The van der Waals surface area contributed by atoms with E-state index in [0.717, 1.165) is 18.2 Å². The lowest BCUT2D eigenvalue weighted by Crippen LogP contribution is -2.24. The van der Waals surface area contributed by atoms with Crippen molar-refractivity contribution in [3.8, 4) is 5.75 Å². The topological polar surface area (TPSA) is 21.3 Å². The Morgan fingerprint density at radius 2 is 2.17 bits per heavy atom. The number of hydrogen-bond acceptors (Lipinski definition) is 2. The molecule has 0 spiro atoms. The molecule has 2 heteroatoms. The molecular formula is C16H25NO. The van der Waals surface area contributed by atoms with Gasteiger partial charge in [0, 0.05) is 12.1 Å². The second kappa shape index (κ2) is 6.24.